The van der Waals surface area contributed by atoms with Gasteiger partial charge in [-0.05, 0) is 30.4 Å². The summed E-state index contributed by atoms with van der Waals surface area (Å²) >= 11 is 6.09. The number of pyridine rings is 2. The van der Waals surface area contributed by atoms with Crippen molar-refractivity contribution in [2.45, 2.75) is 19.8 Å². The molecule has 21 heavy (non-hydrogen) atoms. The maximum atomic E-state index is 13.9. The van der Waals surface area contributed by atoms with E-state index in [1.807, 2.05) is 0 Å². The quantitative estimate of drug-likeness (QED) is 0.845. The number of nitrogens with zero attached hydrogens (tertiary/aromatic N) is 2. The topological polar surface area (TPSA) is 63.8 Å². The smallest absolute Gasteiger partial charge is 0.149 e. The van der Waals surface area contributed by atoms with Gasteiger partial charge in [0.05, 0.1) is 18.1 Å². The van der Waals surface area contributed by atoms with Crippen LogP contribution in [-0.4, -0.2) is 16.5 Å². The molecule has 1 saturated carbocycles. The third-order valence-corrected chi connectivity index (χ3v) is 4.13. The molecule has 2 heterocycles. The first-order valence-electron chi connectivity index (χ1n) is 6.78. The van der Waals surface area contributed by atoms with E-state index in [-0.39, 0.29) is 11.0 Å². The number of halogens is 2. The standard InChI is InChI=1S/C15H16ClFN4/c1-15(2-3-15)8-21-9-4-11(14(16)20-6-9)10-5-13(18)19-7-12(10)17/h4-7,21H,2-3,8H2,1H3,(H2,18,19). The highest BCUT2D eigenvalue weighted by Gasteiger charge is 2.36. The normalized spacial score (nSPS) is 15.8. The summed E-state index contributed by atoms with van der Waals surface area (Å²) < 4.78 is 13.9. The zero-order chi connectivity index (χ0) is 15.0. The Morgan fingerprint density at radius 3 is 2.76 bits per heavy atom. The number of nitrogens with two attached hydrogens (primary N) is 1. The summed E-state index contributed by atoms with van der Waals surface area (Å²) in [5.41, 5.74) is 7.62. The highest BCUT2D eigenvalue weighted by molar-refractivity contribution is 6.32. The Labute approximate surface area is 127 Å². The van der Waals surface area contributed by atoms with Crippen molar-refractivity contribution < 1.29 is 4.39 Å². The molecule has 1 fully saturated rings. The third-order valence-electron chi connectivity index (χ3n) is 3.83. The van der Waals surface area contributed by atoms with Crippen molar-refractivity contribution >= 4 is 23.1 Å². The van der Waals surface area contributed by atoms with Crippen LogP contribution in [0.5, 0.6) is 0 Å². The molecule has 2 aromatic heterocycles. The molecule has 0 atom stereocenters. The molecule has 1 aliphatic carbocycles. The van der Waals surface area contributed by atoms with E-state index >= 15 is 0 Å². The molecule has 4 nitrogen and oxygen atoms in total. The fourth-order valence-corrected chi connectivity index (χ4v) is 2.31. The first kappa shape index (κ1) is 14.1. The molecular formula is C15H16ClFN4. The Morgan fingerprint density at radius 2 is 2.05 bits per heavy atom. The van der Waals surface area contributed by atoms with Gasteiger partial charge in [-0.15, -0.1) is 0 Å². The summed E-state index contributed by atoms with van der Waals surface area (Å²) in [5.74, 6) is -0.231. The molecule has 0 bridgehead atoms. The van der Waals surface area contributed by atoms with E-state index in [1.54, 1.807) is 12.3 Å². The molecule has 0 radical (unpaired) electrons. The largest absolute Gasteiger partial charge is 0.384 e. The second kappa shape index (κ2) is 5.15. The van der Waals surface area contributed by atoms with E-state index in [0.717, 1.165) is 18.4 Å². The van der Waals surface area contributed by atoms with Crippen LogP contribution in [0.2, 0.25) is 5.15 Å². The van der Waals surface area contributed by atoms with Crippen molar-refractivity contribution in [2.75, 3.05) is 17.6 Å². The van der Waals surface area contributed by atoms with Crippen LogP contribution in [0.4, 0.5) is 15.9 Å². The maximum absolute atomic E-state index is 13.9. The lowest BCUT2D eigenvalue weighted by atomic mass is 10.1. The van der Waals surface area contributed by atoms with E-state index in [4.69, 9.17) is 17.3 Å². The van der Waals surface area contributed by atoms with Gasteiger partial charge in [-0.1, -0.05) is 18.5 Å². The predicted molar refractivity (Wildman–Crippen MR) is 82.7 cm³/mol. The molecule has 0 saturated heterocycles. The van der Waals surface area contributed by atoms with Gasteiger partial charge >= 0.3 is 0 Å². The lowest BCUT2D eigenvalue weighted by molar-refractivity contribution is 0.610. The molecule has 0 spiro atoms. The molecule has 0 amide bonds. The van der Waals surface area contributed by atoms with Gasteiger partial charge in [0.2, 0.25) is 0 Å². The number of hydrogen-bond acceptors (Lipinski definition) is 4. The zero-order valence-corrected chi connectivity index (χ0v) is 12.4. The lowest BCUT2D eigenvalue weighted by Gasteiger charge is -2.13. The van der Waals surface area contributed by atoms with E-state index in [0.29, 0.717) is 16.5 Å². The van der Waals surface area contributed by atoms with Gasteiger partial charge in [0.1, 0.15) is 16.8 Å². The Kier molecular flexibility index (Phi) is 3.45. The van der Waals surface area contributed by atoms with Crippen LogP contribution in [0.25, 0.3) is 11.1 Å². The summed E-state index contributed by atoms with van der Waals surface area (Å²) in [4.78, 5) is 7.84. The van der Waals surface area contributed by atoms with Gasteiger partial charge in [-0.25, -0.2) is 14.4 Å². The average Bonchev–Trinajstić information content (AvgIpc) is 3.19. The molecule has 1 aliphatic rings. The van der Waals surface area contributed by atoms with Crippen LogP contribution in [-0.2, 0) is 0 Å². The lowest BCUT2D eigenvalue weighted by Crippen LogP contribution is -2.11. The molecule has 2 aromatic rings. The van der Waals surface area contributed by atoms with E-state index in [1.165, 1.54) is 18.9 Å². The van der Waals surface area contributed by atoms with E-state index in [2.05, 4.69) is 22.2 Å². The fourth-order valence-electron chi connectivity index (χ4n) is 2.10. The first-order valence-corrected chi connectivity index (χ1v) is 7.15. The third kappa shape index (κ3) is 3.08. The number of nitrogen functional groups attached to an aromatic ring is 1. The minimum atomic E-state index is -0.473. The number of aromatic nitrogens is 2. The Morgan fingerprint density at radius 1 is 1.29 bits per heavy atom. The van der Waals surface area contributed by atoms with E-state index in [9.17, 15) is 4.39 Å². The van der Waals surface area contributed by atoms with Gasteiger partial charge in [0, 0.05) is 17.7 Å². The molecule has 0 aromatic carbocycles. The molecular weight excluding hydrogens is 291 g/mol. The molecule has 110 valence electrons. The second-order valence-electron chi connectivity index (χ2n) is 5.82. The van der Waals surface area contributed by atoms with Crippen LogP contribution in [0.1, 0.15) is 19.8 Å². The van der Waals surface area contributed by atoms with Gasteiger partial charge in [-0.2, -0.15) is 0 Å². The number of hydrogen-bond donors (Lipinski definition) is 2. The number of rotatable bonds is 4. The summed E-state index contributed by atoms with van der Waals surface area (Å²) in [6, 6.07) is 3.25. The Bertz CT molecular complexity index is 685. The number of anilines is 2. The van der Waals surface area contributed by atoms with Crippen molar-refractivity contribution in [1.29, 1.82) is 0 Å². The average molecular weight is 307 g/mol. The van der Waals surface area contributed by atoms with Gasteiger partial charge in [0.15, 0.2) is 0 Å². The van der Waals surface area contributed by atoms with Crippen LogP contribution < -0.4 is 11.1 Å². The highest BCUT2D eigenvalue weighted by Crippen LogP contribution is 2.44. The monoisotopic (exact) mass is 306 g/mol. The molecule has 3 rings (SSSR count). The summed E-state index contributed by atoms with van der Waals surface area (Å²) in [7, 11) is 0. The minimum Gasteiger partial charge on any atom is -0.384 e. The number of nitrogens with one attached hydrogen (secondary N) is 1. The van der Waals surface area contributed by atoms with Crippen molar-refractivity contribution in [1.82, 2.24) is 9.97 Å². The minimum absolute atomic E-state index is 0.239. The Balaban J connectivity index is 1.91. The van der Waals surface area contributed by atoms with Crippen molar-refractivity contribution in [3.05, 3.63) is 35.5 Å². The SMILES string of the molecule is CC1(CNc2cnc(Cl)c(-c3cc(N)ncc3F)c2)CC1. The summed E-state index contributed by atoms with van der Waals surface area (Å²) in [5, 5.41) is 3.57. The molecule has 3 N–H and O–H groups in total. The summed E-state index contributed by atoms with van der Waals surface area (Å²) in [6.45, 7) is 3.10. The molecule has 0 unspecified atom stereocenters. The van der Waals surface area contributed by atoms with Crippen LogP contribution in [0, 0.1) is 11.2 Å². The first-order chi connectivity index (χ1) is 9.97. The molecule has 6 heteroatoms. The van der Waals surface area contributed by atoms with Crippen LogP contribution in [0.15, 0.2) is 24.5 Å². The van der Waals surface area contributed by atoms with Crippen LogP contribution >= 0.6 is 11.6 Å². The van der Waals surface area contributed by atoms with Gasteiger partial charge in [0.25, 0.3) is 0 Å². The van der Waals surface area contributed by atoms with E-state index < -0.39 is 5.82 Å². The predicted octanol–water partition coefficient (Wildman–Crippen LogP) is 3.73. The van der Waals surface area contributed by atoms with Crippen molar-refractivity contribution in [3.63, 3.8) is 0 Å². The van der Waals surface area contributed by atoms with Gasteiger partial charge in [-0.3, -0.25) is 0 Å². The fraction of sp³-hybridized carbons (Fsp3) is 0.333. The van der Waals surface area contributed by atoms with Crippen LogP contribution in [0.3, 0.4) is 0 Å². The maximum Gasteiger partial charge on any atom is 0.149 e. The molecule has 0 aliphatic heterocycles. The van der Waals surface area contributed by atoms with Crippen molar-refractivity contribution in [3.8, 4) is 11.1 Å². The zero-order valence-electron chi connectivity index (χ0n) is 11.7. The van der Waals surface area contributed by atoms with Crippen molar-refractivity contribution in [2.24, 2.45) is 5.41 Å². The van der Waals surface area contributed by atoms with Gasteiger partial charge < -0.3 is 11.1 Å². The summed E-state index contributed by atoms with van der Waals surface area (Å²) in [6.07, 6.45) is 5.19. The highest BCUT2D eigenvalue weighted by atomic mass is 35.5. The second-order valence-corrected chi connectivity index (χ2v) is 6.17. The Hall–Kier alpha value is -1.88.